The topological polar surface area (TPSA) is 49.3 Å². The van der Waals surface area contributed by atoms with Crippen molar-refractivity contribution >= 4 is 5.91 Å². The van der Waals surface area contributed by atoms with E-state index in [0.29, 0.717) is 19.4 Å². The Morgan fingerprint density at radius 1 is 1.33 bits per heavy atom. The Labute approximate surface area is 109 Å². The van der Waals surface area contributed by atoms with E-state index < -0.39 is 0 Å². The average molecular weight is 249 g/mol. The molecule has 0 aliphatic heterocycles. The lowest BCUT2D eigenvalue weighted by Gasteiger charge is -2.14. The maximum absolute atomic E-state index is 11.7. The second-order valence-corrected chi connectivity index (χ2v) is 4.95. The van der Waals surface area contributed by atoms with Gasteiger partial charge in [0.1, 0.15) is 0 Å². The van der Waals surface area contributed by atoms with Crippen molar-refractivity contribution in [1.82, 2.24) is 5.32 Å². The number of aliphatic hydroxyl groups excluding tert-OH is 1. The van der Waals surface area contributed by atoms with Crippen molar-refractivity contribution in [3.05, 3.63) is 35.4 Å². The zero-order chi connectivity index (χ0) is 13.5. The molecule has 0 aliphatic carbocycles. The largest absolute Gasteiger partial charge is 0.393 e. The molecule has 100 valence electrons. The minimum Gasteiger partial charge on any atom is -0.393 e. The maximum Gasteiger partial charge on any atom is 0.220 e. The summed E-state index contributed by atoms with van der Waals surface area (Å²) in [4.78, 5) is 11.7. The molecule has 0 saturated carbocycles. The van der Waals surface area contributed by atoms with Gasteiger partial charge in [-0.25, -0.2) is 0 Å². The van der Waals surface area contributed by atoms with Crippen molar-refractivity contribution in [1.29, 1.82) is 0 Å². The van der Waals surface area contributed by atoms with Crippen LogP contribution in [-0.4, -0.2) is 23.7 Å². The van der Waals surface area contributed by atoms with E-state index in [1.54, 1.807) is 6.92 Å². The molecule has 0 spiro atoms. The first kappa shape index (κ1) is 14.7. The van der Waals surface area contributed by atoms with Crippen LogP contribution >= 0.6 is 0 Å². The smallest absolute Gasteiger partial charge is 0.220 e. The molecule has 0 radical (unpaired) electrons. The van der Waals surface area contributed by atoms with Crippen LogP contribution in [0, 0.1) is 6.92 Å². The van der Waals surface area contributed by atoms with Gasteiger partial charge in [0.05, 0.1) is 6.10 Å². The third-order valence-electron chi connectivity index (χ3n) is 3.10. The van der Waals surface area contributed by atoms with Crippen molar-refractivity contribution in [2.75, 3.05) is 6.54 Å². The molecular formula is C15H23NO2. The van der Waals surface area contributed by atoms with E-state index in [2.05, 4.69) is 31.3 Å². The summed E-state index contributed by atoms with van der Waals surface area (Å²) in [5, 5.41) is 11.9. The molecule has 2 unspecified atom stereocenters. The Bertz CT molecular complexity index is 388. The summed E-state index contributed by atoms with van der Waals surface area (Å²) in [5.74, 6) is 0.268. The highest BCUT2D eigenvalue weighted by Crippen LogP contribution is 2.21. The Kier molecular flexibility index (Phi) is 5.86. The fourth-order valence-electron chi connectivity index (χ4n) is 2.02. The van der Waals surface area contributed by atoms with E-state index >= 15 is 0 Å². The van der Waals surface area contributed by atoms with E-state index in [-0.39, 0.29) is 17.9 Å². The normalized spacial score (nSPS) is 14.0. The van der Waals surface area contributed by atoms with Crippen LogP contribution in [-0.2, 0) is 4.79 Å². The minimum absolute atomic E-state index is 0.0476. The first-order valence-electron chi connectivity index (χ1n) is 6.51. The molecule has 1 aromatic carbocycles. The number of aryl methyl sites for hydroxylation is 1. The lowest BCUT2D eigenvalue weighted by Crippen LogP contribution is -2.27. The van der Waals surface area contributed by atoms with Gasteiger partial charge in [-0.1, -0.05) is 31.2 Å². The van der Waals surface area contributed by atoms with Crippen LogP contribution in [0.25, 0.3) is 0 Å². The Hall–Kier alpha value is -1.35. The van der Waals surface area contributed by atoms with E-state index in [1.165, 1.54) is 11.1 Å². The van der Waals surface area contributed by atoms with Gasteiger partial charge in [0, 0.05) is 13.0 Å². The SMILES string of the molecule is Cc1ccccc1C(C)CC(=O)NCCC(C)O. The predicted molar refractivity (Wildman–Crippen MR) is 73.5 cm³/mol. The van der Waals surface area contributed by atoms with Crippen molar-refractivity contribution in [2.24, 2.45) is 0 Å². The number of rotatable bonds is 6. The first-order valence-corrected chi connectivity index (χ1v) is 6.51. The van der Waals surface area contributed by atoms with Crippen molar-refractivity contribution < 1.29 is 9.90 Å². The second kappa shape index (κ2) is 7.17. The summed E-state index contributed by atoms with van der Waals surface area (Å²) >= 11 is 0. The van der Waals surface area contributed by atoms with Gasteiger partial charge in [-0.05, 0) is 37.3 Å². The first-order chi connectivity index (χ1) is 8.50. The molecule has 0 aliphatic rings. The lowest BCUT2D eigenvalue weighted by atomic mass is 9.93. The number of nitrogens with one attached hydrogen (secondary N) is 1. The van der Waals surface area contributed by atoms with Crippen molar-refractivity contribution in [3.8, 4) is 0 Å². The van der Waals surface area contributed by atoms with Crippen LogP contribution < -0.4 is 5.32 Å². The second-order valence-electron chi connectivity index (χ2n) is 4.95. The number of hydrogen-bond donors (Lipinski definition) is 2. The number of carbonyl (C=O) groups excluding carboxylic acids is 1. The van der Waals surface area contributed by atoms with E-state index in [0.717, 1.165) is 0 Å². The van der Waals surface area contributed by atoms with Crippen LogP contribution in [0.2, 0.25) is 0 Å². The minimum atomic E-state index is -0.362. The molecule has 3 nitrogen and oxygen atoms in total. The van der Waals surface area contributed by atoms with Gasteiger partial charge in [0.25, 0.3) is 0 Å². The number of aliphatic hydroxyl groups is 1. The molecule has 0 bridgehead atoms. The third-order valence-corrected chi connectivity index (χ3v) is 3.10. The Morgan fingerprint density at radius 2 is 2.00 bits per heavy atom. The van der Waals surface area contributed by atoms with Crippen LogP contribution in [0.5, 0.6) is 0 Å². The molecular weight excluding hydrogens is 226 g/mol. The number of hydrogen-bond acceptors (Lipinski definition) is 2. The molecule has 0 heterocycles. The van der Waals surface area contributed by atoms with Crippen molar-refractivity contribution in [2.45, 2.75) is 45.6 Å². The molecule has 1 rings (SSSR count). The molecule has 1 amide bonds. The van der Waals surface area contributed by atoms with Gasteiger partial charge in [-0.2, -0.15) is 0 Å². The summed E-state index contributed by atoms with van der Waals surface area (Å²) in [6, 6.07) is 8.15. The predicted octanol–water partition coefficient (Wildman–Crippen LogP) is 2.38. The summed E-state index contributed by atoms with van der Waals surface area (Å²) < 4.78 is 0. The molecule has 0 aromatic heterocycles. The van der Waals surface area contributed by atoms with Crippen molar-refractivity contribution in [3.63, 3.8) is 0 Å². The van der Waals surface area contributed by atoms with Crippen LogP contribution in [0.15, 0.2) is 24.3 Å². The Morgan fingerprint density at radius 3 is 2.61 bits per heavy atom. The van der Waals surface area contributed by atoms with E-state index in [1.807, 2.05) is 12.1 Å². The summed E-state index contributed by atoms with van der Waals surface area (Å²) in [6.45, 7) is 6.40. The molecule has 3 heteroatoms. The molecule has 1 aromatic rings. The summed E-state index contributed by atoms with van der Waals surface area (Å²) in [7, 11) is 0. The van der Waals surface area contributed by atoms with Gasteiger partial charge in [0.2, 0.25) is 5.91 Å². The third kappa shape index (κ3) is 4.88. The number of carbonyl (C=O) groups is 1. The van der Waals surface area contributed by atoms with E-state index in [4.69, 9.17) is 5.11 Å². The molecule has 0 fully saturated rings. The highest BCUT2D eigenvalue weighted by Gasteiger charge is 2.12. The Balaban J connectivity index is 2.42. The zero-order valence-electron chi connectivity index (χ0n) is 11.4. The highest BCUT2D eigenvalue weighted by atomic mass is 16.3. The van der Waals surface area contributed by atoms with Gasteiger partial charge in [0.15, 0.2) is 0 Å². The lowest BCUT2D eigenvalue weighted by molar-refractivity contribution is -0.121. The van der Waals surface area contributed by atoms with E-state index in [9.17, 15) is 4.79 Å². The maximum atomic E-state index is 11.7. The molecule has 2 N–H and O–H groups in total. The van der Waals surface area contributed by atoms with Gasteiger partial charge >= 0.3 is 0 Å². The van der Waals surface area contributed by atoms with Gasteiger partial charge in [-0.3, -0.25) is 4.79 Å². The fraction of sp³-hybridized carbons (Fsp3) is 0.533. The zero-order valence-corrected chi connectivity index (χ0v) is 11.4. The number of amides is 1. The number of benzene rings is 1. The average Bonchev–Trinajstić information content (AvgIpc) is 2.28. The fourth-order valence-corrected chi connectivity index (χ4v) is 2.02. The quantitative estimate of drug-likeness (QED) is 0.813. The van der Waals surface area contributed by atoms with Crippen LogP contribution in [0.1, 0.15) is 43.7 Å². The van der Waals surface area contributed by atoms with Crippen LogP contribution in [0.3, 0.4) is 0 Å². The standard InChI is InChI=1S/C15H23NO2/c1-11-6-4-5-7-14(11)12(2)10-15(18)16-9-8-13(3)17/h4-7,12-13,17H,8-10H2,1-3H3,(H,16,18). The van der Waals surface area contributed by atoms with Gasteiger partial charge < -0.3 is 10.4 Å². The summed E-state index contributed by atoms with van der Waals surface area (Å²) in [6.07, 6.45) is 0.730. The van der Waals surface area contributed by atoms with Gasteiger partial charge in [-0.15, -0.1) is 0 Å². The molecule has 2 atom stereocenters. The molecule has 0 saturated heterocycles. The monoisotopic (exact) mass is 249 g/mol. The highest BCUT2D eigenvalue weighted by molar-refractivity contribution is 5.76. The molecule has 18 heavy (non-hydrogen) atoms. The van der Waals surface area contributed by atoms with Crippen LogP contribution in [0.4, 0.5) is 0 Å². The summed E-state index contributed by atoms with van der Waals surface area (Å²) in [5.41, 5.74) is 2.45.